The first-order valence-corrected chi connectivity index (χ1v) is 8.23. The lowest BCUT2D eigenvalue weighted by Crippen LogP contribution is -2.29. The minimum atomic E-state index is -0.803. The Morgan fingerprint density at radius 3 is 2.60 bits per heavy atom. The number of nitrogens with one attached hydrogen (secondary N) is 1. The van der Waals surface area contributed by atoms with Gasteiger partial charge in [0.2, 0.25) is 5.91 Å². The molecule has 0 aromatic heterocycles. The minimum Gasteiger partial charge on any atom is -0.490 e. The highest BCUT2D eigenvalue weighted by Crippen LogP contribution is 2.32. The van der Waals surface area contributed by atoms with E-state index in [0.717, 1.165) is 25.0 Å². The van der Waals surface area contributed by atoms with Crippen LogP contribution in [-0.2, 0) is 4.79 Å². The van der Waals surface area contributed by atoms with E-state index in [4.69, 9.17) is 21.1 Å². The van der Waals surface area contributed by atoms with E-state index in [0.29, 0.717) is 18.0 Å². The van der Waals surface area contributed by atoms with E-state index in [-0.39, 0.29) is 29.2 Å². The third-order valence-electron chi connectivity index (χ3n) is 3.63. The largest absolute Gasteiger partial charge is 0.490 e. The van der Waals surface area contributed by atoms with Crippen molar-refractivity contribution in [1.29, 1.82) is 0 Å². The number of amides is 1. The second-order valence-corrected chi connectivity index (χ2v) is 6.09. The molecule has 7 heteroatoms. The second-order valence-electron chi connectivity index (χ2n) is 5.68. The fourth-order valence-electron chi connectivity index (χ4n) is 2.17. The summed E-state index contributed by atoms with van der Waals surface area (Å²) in [4.78, 5) is 11.5. The van der Waals surface area contributed by atoms with E-state index < -0.39 is 11.6 Å². The first-order valence-electron chi connectivity index (χ1n) is 7.86. The van der Waals surface area contributed by atoms with Gasteiger partial charge in [0.25, 0.3) is 0 Å². The van der Waals surface area contributed by atoms with Crippen molar-refractivity contribution in [2.45, 2.75) is 12.8 Å². The predicted molar refractivity (Wildman–Crippen MR) is 89.1 cm³/mol. The summed E-state index contributed by atoms with van der Waals surface area (Å²) in [6, 6.07) is 7.67. The zero-order chi connectivity index (χ0) is 17.8. The molecular weight excluding hydrogens is 352 g/mol. The smallest absolute Gasteiger partial charge is 0.223 e. The van der Waals surface area contributed by atoms with E-state index in [1.54, 1.807) is 12.1 Å². The van der Waals surface area contributed by atoms with Gasteiger partial charge in [0.1, 0.15) is 23.9 Å². The van der Waals surface area contributed by atoms with Gasteiger partial charge in [-0.25, -0.2) is 8.78 Å². The molecule has 0 atom stereocenters. The molecule has 0 bridgehead atoms. The van der Waals surface area contributed by atoms with Gasteiger partial charge >= 0.3 is 0 Å². The summed E-state index contributed by atoms with van der Waals surface area (Å²) in [5.41, 5.74) is 0. The van der Waals surface area contributed by atoms with E-state index in [1.165, 1.54) is 12.1 Å². The number of halogens is 3. The van der Waals surface area contributed by atoms with Crippen molar-refractivity contribution in [3.05, 3.63) is 53.1 Å². The van der Waals surface area contributed by atoms with Gasteiger partial charge in [0, 0.05) is 18.1 Å². The maximum absolute atomic E-state index is 13.6. The van der Waals surface area contributed by atoms with Crippen molar-refractivity contribution in [2.24, 2.45) is 5.92 Å². The average Bonchev–Trinajstić information content (AvgIpc) is 3.40. The van der Waals surface area contributed by atoms with Gasteiger partial charge in [-0.1, -0.05) is 11.6 Å². The van der Waals surface area contributed by atoms with Crippen LogP contribution >= 0.6 is 11.6 Å². The first-order chi connectivity index (χ1) is 12.0. The van der Waals surface area contributed by atoms with Gasteiger partial charge in [0.15, 0.2) is 11.6 Å². The summed E-state index contributed by atoms with van der Waals surface area (Å²) in [5.74, 6) is -0.650. The molecule has 1 saturated carbocycles. The van der Waals surface area contributed by atoms with Crippen molar-refractivity contribution < 1.29 is 23.0 Å². The monoisotopic (exact) mass is 367 g/mol. The highest BCUT2D eigenvalue weighted by Gasteiger charge is 2.29. The number of carbonyl (C=O) groups excluding carboxylic acids is 1. The Balaban J connectivity index is 1.53. The quantitative estimate of drug-likeness (QED) is 0.741. The van der Waals surface area contributed by atoms with Crippen LogP contribution < -0.4 is 14.8 Å². The van der Waals surface area contributed by atoms with Crippen molar-refractivity contribution in [3.8, 4) is 17.2 Å². The molecule has 0 aliphatic heterocycles. The van der Waals surface area contributed by atoms with Crippen LogP contribution in [0.2, 0.25) is 5.02 Å². The normalized spacial score (nSPS) is 13.4. The van der Waals surface area contributed by atoms with Crippen LogP contribution in [0.4, 0.5) is 8.78 Å². The molecular formula is C18H16ClF2NO3. The topological polar surface area (TPSA) is 47.6 Å². The third-order valence-corrected chi connectivity index (χ3v) is 3.93. The summed E-state index contributed by atoms with van der Waals surface area (Å²) >= 11 is 6.12. The molecule has 1 N–H and O–H groups in total. The van der Waals surface area contributed by atoms with Gasteiger partial charge in [-0.2, -0.15) is 0 Å². The summed E-state index contributed by atoms with van der Waals surface area (Å²) in [6.07, 6.45) is 1.91. The van der Waals surface area contributed by atoms with Crippen molar-refractivity contribution >= 4 is 17.5 Å². The van der Waals surface area contributed by atoms with Crippen molar-refractivity contribution in [3.63, 3.8) is 0 Å². The average molecular weight is 368 g/mol. The second kappa shape index (κ2) is 7.70. The number of ether oxygens (including phenoxy) is 2. The molecule has 1 fully saturated rings. The Morgan fingerprint density at radius 2 is 1.92 bits per heavy atom. The van der Waals surface area contributed by atoms with Crippen LogP contribution in [0.1, 0.15) is 12.8 Å². The van der Waals surface area contributed by atoms with Gasteiger partial charge in [-0.15, -0.1) is 0 Å². The molecule has 25 heavy (non-hydrogen) atoms. The fraction of sp³-hybridized carbons (Fsp3) is 0.278. The predicted octanol–water partition coefficient (Wildman–Crippen LogP) is 4.32. The van der Waals surface area contributed by atoms with Gasteiger partial charge in [0.05, 0.1) is 11.6 Å². The lowest BCUT2D eigenvalue weighted by Gasteiger charge is -2.11. The van der Waals surface area contributed by atoms with Gasteiger partial charge in [-0.3, -0.25) is 4.79 Å². The highest BCUT2D eigenvalue weighted by molar-refractivity contribution is 6.32. The number of hydrogen-bond acceptors (Lipinski definition) is 3. The van der Waals surface area contributed by atoms with Crippen LogP contribution in [0.3, 0.4) is 0 Å². The first kappa shape index (κ1) is 17.5. The number of hydrogen-bond donors (Lipinski definition) is 1. The summed E-state index contributed by atoms with van der Waals surface area (Å²) in [5, 5.41) is 3.07. The molecule has 0 heterocycles. The Kier molecular flexibility index (Phi) is 5.38. The van der Waals surface area contributed by atoms with E-state index >= 15 is 0 Å². The lowest BCUT2D eigenvalue weighted by atomic mass is 10.3. The Labute approximate surface area is 148 Å². The van der Waals surface area contributed by atoms with Crippen molar-refractivity contribution in [1.82, 2.24) is 5.32 Å². The molecule has 0 spiro atoms. The third kappa shape index (κ3) is 4.82. The molecule has 2 aromatic carbocycles. The number of benzene rings is 2. The summed E-state index contributed by atoms with van der Waals surface area (Å²) < 4.78 is 37.3. The fourth-order valence-corrected chi connectivity index (χ4v) is 2.40. The Hall–Kier alpha value is -2.34. The molecule has 3 rings (SSSR count). The van der Waals surface area contributed by atoms with Gasteiger partial charge in [-0.05, 0) is 37.1 Å². The van der Waals surface area contributed by atoms with Crippen LogP contribution in [0.15, 0.2) is 36.4 Å². The molecule has 132 valence electrons. The van der Waals surface area contributed by atoms with Gasteiger partial charge < -0.3 is 14.8 Å². The maximum Gasteiger partial charge on any atom is 0.223 e. The Morgan fingerprint density at radius 1 is 1.16 bits per heavy atom. The maximum atomic E-state index is 13.6. The van der Waals surface area contributed by atoms with E-state index in [1.807, 2.05) is 0 Å². The molecule has 0 saturated heterocycles. The number of rotatable bonds is 7. The van der Waals surface area contributed by atoms with Crippen LogP contribution in [0, 0.1) is 17.6 Å². The van der Waals surface area contributed by atoms with Crippen molar-refractivity contribution in [2.75, 3.05) is 13.2 Å². The lowest BCUT2D eigenvalue weighted by molar-refractivity contribution is -0.122. The molecule has 2 aromatic rings. The minimum absolute atomic E-state index is 0.0553. The van der Waals surface area contributed by atoms with E-state index in [2.05, 4.69) is 5.32 Å². The molecule has 1 amide bonds. The molecule has 4 nitrogen and oxygen atoms in total. The molecule has 1 aliphatic rings. The van der Waals surface area contributed by atoms with Crippen LogP contribution in [0.5, 0.6) is 17.2 Å². The highest BCUT2D eigenvalue weighted by atomic mass is 35.5. The van der Waals surface area contributed by atoms with E-state index in [9.17, 15) is 13.6 Å². The zero-order valence-electron chi connectivity index (χ0n) is 13.2. The standard InChI is InChI=1S/C18H16ClF2NO3/c19-14-10-13(25-17-5-3-12(20)9-15(17)21)4-6-16(14)24-8-7-22-18(23)11-1-2-11/h3-6,9-11H,1-2,7-8H2,(H,22,23). The molecule has 0 radical (unpaired) electrons. The van der Waals surface area contributed by atoms with Crippen LogP contribution in [-0.4, -0.2) is 19.1 Å². The summed E-state index contributed by atoms with van der Waals surface area (Å²) in [6.45, 7) is 0.676. The summed E-state index contributed by atoms with van der Waals surface area (Å²) in [7, 11) is 0. The molecule has 0 unspecified atom stereocenters. The molecule has 1 aliphatic carbocycles. The SMILES string of the molecule is O=C(NCCOc1ccc(Oc2ccc(F)cc2F)cc1Cl)C1CC1. The zero-order valence-corrected chi connectivity index (χ0v) is 14.0. The number of carbonyl (C=O) groups is 1. The van der Waals surface area contributed by atoms with Crippen LogP contribution in [0.25, 0.3) is 0 Å². The Bertz CT molecular complexity index is 781.